The van der Waals surface area contributed by atoms with Crippen molar-refractivity contribution in [2.45, 2.75) is 13.8 Å². The summed E-state index contributed by atoms with van der Waals surface area (Å²) in [5, 5.41) is 0.864. The standard InChI is InChI=1S/C21H19O2P.Li.H/c1-14-7-6-8-15(2)20(14)21(22)18-13-17(11-12-19(18)24)23-16-9-4-3-5-10-16;;/h3-13H,24H2,1-2H3;;/q;+1;-1. The van der Waals surface area contributed by atoms with E-state index < -0.39 is 0 Å². The van der Waals surface area contributed by atoms with Crippen LogP contribution < -0.4 is 28.9 Å². The second kappa shape index (κ2) is 8.50. The number of hydrogen-bond acceptors (Lipinski definition) is 2. The zero-order chi connectivity index (χ0) is 17.1. The van der Waals surface area contributed by atoms with E-state index in [9.17, 15) is 4.79 Å². The van der Waals surface area contributed by atoms with Crippen molar-refractivity contribution < 1.29 is 29.8 Å². The van der Waals surface area contributed by atoms with Crippen molar-refractivity contribution in [3.8, 4) is 11.5 Å². The zero-order valence-corrected chi connectivity index (χ0v) is 15.9. The van der Waals surface area contributed by atoms with Gasteiger partial charge in [-0.15, -0.1) is 9.24 Å². The Morgan fingerprint density at radius 2 is 1.52 bits per heavy atom. The van der Waals surface area contributed by atoms with E-state index in [2.05, 4.69) is 9.24 Å². The average molecular weight is 342 g/mol. The number of aryl methyl sites for hydroxylation is 2. The predicted molar refractivity (Wildman–Crippen MR) is 103 cm³/mol. The molecule has 0 radical (unpaired) electrons. The van der Waals surface area contributed by atoms with E-state index in [1.807, 2.05) is 80.6 Å². The summed E-state index contributed by atoms with van der Waals surface area (Å²) in [6, 6.07) is 21.0. The maximum Gasteiger partial charge on any atom is 1.00 e. The minimum atomic E-state index is 0. The number of benzene rings is 3. The van der Waals surface area contributed by atoms with Gasteiger partial charge in [0, 0.05) is 11.1 Å². The molecule has 0 bridgehead atoms. The van der Waals surface area contributed by atoms with Crippen LogP contribution >= 0.6 is 9.24 Å². The van der Waals surface area contributed by atoms with Gasteiger partial charge in [-0.3, -0.25) is 4.79 Å². The van der Waals surface area contributed by atoms with Gasteiger partial charge >= 0.3 is 18.9 Å². The number of para-hydroxylation sites is 1. The fraction of sp³-hybridized carbons (Fsp3) is 0.0952. The summed E-state index contributed by atoms with van der Waals surface area (Å²) in [4.78, 5) is 13.0. The van der Waals surface area contributed by atoms with Gasteiger partial charge in [0.15, 0.2) is 5.78 Å². The molecule has 4 heteroatoms. The molecule has 3 aromatic rings. The number of carbonyl (C=O) groups excluding carboxylic acids is 1. The Morgan fingerprint density at radius 1 is 0.880 bits per heavy atom. The van der Waals surface area contributed by atoms with Gasteiger partial charge in [-0.1, -0.05) is 42.5 Å². The van der Waals surface area contributed by atoms with Gasteiger partial charge in [-0.2, -0.15) is 0 Å². The van der Waals surface area contributed by atoms with Crippen molar-refractivity contribution in [1.29, 1.82) is 0 Å². The molecule has 0 saturated carbocycles. The SMILES string of the molecule is Cc1cccc(C)c1C(=O)c1cc(Oc2ccccc2)ccc1P.[H-].[Li+]. The van der Waals surface area contributed by atoms with Crippen molar-refractivity contribution in [2.24, 2.45) is 0 Å². The van der Waals surface area contributed by atoms with Crippen LogP contribution in [-0.2, 0) is 0 Å². The third-order valence-electron chi connectivity index (χ3n) is 3.96. The monoisotopic (exact) mass is 342 g/mol. The van der Waals surface area contributed by atoms with E-state index in [0.717, 1.165) is 27.7 Å². The van der Waals surface area contributed by atoms with Crippen LogP contribution in [0.5, 0.6) is 11.5 Å². The number of ether oxygens (including phenoxy) is 1. The summed E-state index contributed by atoms with van der Waals surface area (Å²) in [6.07, 6.45) is 0. The summed E-state index contributed by atoms with van der Waals surface area (Å²) in [6.45, 7) is 3.93. The van der Waals surface area contributed by atoms with Gasteiger partial charge in [0.25, 0.3) is 0 Å². The van der Waals surface area contributed by atoms with Crippen molar-refractivity contribution in [1.82, 2.24) is 0 Å². The van der Waals surface area contributed by atoms with Gasteiger partial charge in [0.05, 0.1) is 0 Å². The van der Waals surface area contributed by atoms with Crippen LogP contribution in [0, 0.1) is 13.8 Å². The summed E-state index contributed by atoms with van der Waals surface area (Å²) in [7, 11) is 2.63. The molecule has 0 aliphatic carbocycles. The van der Waals surface area contributed by atoms with Gasteiger partial charge in [-0.25, -0.2) is 0 Å². The molecular formula is C21H20LiO2P. The second-order valence-corrected chi connectivity index (χ2v) is 6.38. The smallest absolute Gasteiger partial charge is 1.00 e. The Hall–Kier alpha value is -1.84. The summed E-state index contributed by atoms with van der Waals surface area (Å²) >= 11 is 0. The molecule has 3 rings (SSSR count). The molecule has 2 nitrogen and oxygen atoms in total. The average Bonchev–Trinajstić information content (AvgIpc) is 2.57. The fourth-order valence-electron chi connectivity index (χ4n) is 2.73. The molecule has 3 aromatic carbocycles. The first-order valence-electron chi connectivity index (χ1n) is 7.79. The van der Waals surface area contributed by atoms with E-state index in [0.29, 0.717) is 11.3 Å². The topological polar surface area (TPSA) is 26.3 Å². The van der Waals surface area contributed by atoms with E-state index in [-0.39, 0.29) is 26.1 Å². The summed E-state index contributed by atoms with van der Waals surface area (Å²) in [5.41, 5.74) is 3.38. The van der Waals surface area contributed by atoms with Gasteiger partial charge < -0.3 is 6.16 Å². The van der Waals surface area contributed by atoms with E-state index in [4.69, 9.17) is 4.74 Å². The number of hydrogen-bond donors (Lipinski definition) is 0. The first kappa shape index (κ1) is 19.5. The quantitative estimate of drug-likeness (QED) is 0.412. The normalized spacial score (nSPS) is 10.0. The summed E-state index contributed by atoms with van der Waals surface area (Å²) < 4.78 is 5.86. The van der Waals surface area contributed by atoms with Gasteiger partial charge in [0.1, 0.15) is 11.5 Å². The van der Waals surface area contributed by atoms with Crippen molar-refractivity contribution in [3.05, 3.63) is 89.0 Å². The third kappa shape index (κ3) is 4.41. The Kier molecular flexibility index (Phi) is 6.62. The largest absolute Gasteiger partial charge is 1.00 e. The molecule has 0 aliphatic rings. The number of ketones is 1. The predicted octanol–water partition coefficient (Wildman–Crippen LogP) is 1.94. The van der Waals surface area contributed by atoms with Gasteiger partial charge in [-0.05, 0) is 54.5 Å². The van der Waals surface area contributed by atoms with E-state index >= 15 is 0 Å². The minimum Gasteiger partial charge on any atom is -1.00 e. The first-order valence-corrected chi connectivity index (χ1v) is 8.37. The van der Waals surface area contributed by atoms with Crippen LogP contribution in [0.2, 0.25) is 0 Å². The molecule has 25 heavy (non-hydrogen) atoms. The molecule has 0 amide bonds. The molecule has 1 unspecified atom stereocenters. The molecule has 122 valence electrons. The Bertz CT molecular complexity index is 878. The molecule has 1 atom stereocenters. The molecule has 0 heterocycles. The molecule has 0 aromatic heterocycles. The zero-order valence-electron chi connectivity index (χ0n) is 15.7. The molecule has 0 fully saturated rings. The first-order chi connectivity index (χ1) is 11.6. The number of carbonyl (C=O) groups is 1. The van der Waals surface area contributed by atoms with Crippen LogP contribution in [0.4, 0.5) is 0 Å². The molecule has 0 N–H and O–H groups in total. The van der Waals surface area contributed by atoms with E-state index in [1.54, 1.807) is 0 Å². The number of rotatable bonds is 4. The van der Waals surface area contributed by atoms with Crippen molar-refractivity contribution in [2.75, 3.05) is 0 Å². The van der Waals surface area contributed by atoms with Crippen LogP contribution in [-0.4, -0.2) is 5.78 Å². The van der Waals surface area contributed by atoms with Gasteiger partial charge in [0.2, 0.25) is 0 Å². The summed E-state index contributed by atoms with van der Waals surface area (Å²) in [5.74, 6) is 1.43. The Balaban J connectivity index is 0.00000169. The molecular weight excluding hydrogens is 322 g/mol. The van der Waals surface area contributed by atoms with Crippen LogP contribution in [0.1, 0.15) is 28.5 Å². The maximum absolute atomic E-state index is 13.0. The Morgan fingerprint density at radius 3 is 2.16 bits per heavy atom. The maximum atomic E-state index is 13.0. The van der Waals surface area contributed by atoms with Crippen LogP contribution in [0.3, 0.4) is 0 Å². The molecule has 0 saturated heterocycles. The van der Waals surface area contributed by atoms with E-state index in [1.165, 1.54) is 0 Å². The third-order valence-corrected chi connectivity index (χ3v) is 4.46. The fourth-order valence-corrected chi connectivity index (χ4v) is 3.04. The Labute approximate surface area is 164 Å². The van der Waals surface area contributed by atoms with Crippen LogP contribution in [0.15, 0.2) is 66.7 Å². The van der Waals surface area contributed by atoms with Crippen molar-refractivity contribution in [3.63, 3.8) is 0 Å². The van der Waals surface area contributed by atoms with Crippen molar-refractivity contribution >= 4 is 20.3 Å². The minimum absolute atomic E-state index is 0. The molecule has 0 aliphatic heterocycles. The van der Waals surface area contributed by atoms with Crippen LogP contribution in [0.25, 0.3) is 0 Å². The molecule has 0 spiro atoms. The second-order valence-electron chi connectivity index (χ2n) is 5.76.